The van der Waals surface area contributed by atoms with E-state index in [1.807, 2.05) is 11.8 Å². The Morgan fingerprint density at radius 1 is 1.20 bits per heavy atom. The molecule has 0 aromatic heterocycles. The SMILES string of the molecule is C=C(COc1ccc(CO)cc1)N1CCC(N(CC)c2ccccc2C(F)(F)F)C1. The van der Waals surface area contributed by atoms with Gasteiger partial charge in [-0.25, -0.2) is 0 Å². The summed E-state index contributed by atoms with van der Waals surface area (Å²) in [5.74, 6) is 0.679. The van der Waals surface area contributed by atoms with Gasteiger partial charge >= 0.3 is 6.18 Å². The predicted octanol–water partition coefficient (Wildman–Crippen LogP) is 4.69. The number of aliphatic hydroxyl groups is 1. The van der Waals surface area contributed by atoms with Gasteiger partial charge in [0, 0.05) is 37.1 Å². The highest BCUT2D eigenvalue weighted by molar-refractivity contribution is 5.56. The largest absolute Gasteiger partial charge is 0.487 e. The van der Waals surface area contributed by atoms with Crippen LogP contribution in [0, 0.1) is 0 Å². The standard InChI is InChI=1S/C23H27F3N2O2/c1-3-28(22-7-5-4-6-21(22)23(24,25)26)19-12-13-27(14-19)17(2)16-30-20-10-8-18(15-29)9-11-20/h4-11,19,29H,2-3,12-16H2,1H3. The van der Waals surface area contributed by atoms with Crippen LogP contribution in [0.3, 0.4) is 0 Å². The number of aliphatic hydroxyl groups excluding tert-OH is 1. The second kappa shape index (κ2) is 9.43. The summed E-state index contributed by atoms with van der Waals surface area (Å²) >= 11 is 0. The lowest BCUT2D eigenvalue weighted by Crippen LogP contribution is -2.38. The van der Waals surface area contributed by atoms with Crippen molar-refractivity contribution in [2.75, 3.05) is 31.1 Å². The number of benzene rings is 2. The maximum absolute atomic E-state index is 13.5. The Balaban J connectivity index is 1.63. The Hall–Kier alpha value is -2.67. The number of anilines is 1. The summed E-state index contributed by atoms with van der Waals surface area (Å²) in [5.41, 5.74) is 1.23. The molecule has 1 aliphatic heterocycles. The zero-order valence-electron chi connectivity index (χ0n) is 17.0. The van der Waals surface area contributed by atoms with Gasteiger partial charge in [0.1, 0.15) is 12.4 Å². The Morgan fingerprint density at radius 2 is 1.90 bits per heavy atom. The number of hydrogen-bond acceptors (Lipinski definition) is 4. The van der Waals surface area contributed by atoms with E-state index < -0.39 is 11.7 Å². The summed E-state index contributed by atoms with van der Waals surface area (Å²) in [6.45, 7) is 8.08. The van der Waals surface area contributed by atoms with Gasteiger partial charge in [0.05, 0.1) is 12.2 Å². The third kappa shape index (κ3) is 5.08. The van der Waals surface area contributed by atoms with Crippen LogP contribution >= 0.6 is 0 Å². The van der Waals surface area contributed by atoms with Gasteiger partial charge in [-0.15, -0.1) is 0 Å². The van der Waals surface area contributed by atoms with E-state index in [9.17, 15) is 13.2 Å². The van der Waals surface area contributed by atoms with E-state index in [1.54, 1.807) is 36.4 Å². The van der Waals surface area contributed by atoms with E-state index in [4.69, 9.17) is 9.84 Å². The second-order valence-electron chi connectivity index (χ2n) is 7.35. The number of hydrogen-bond donors (Lipinski definition) is 1. The Bertz CT molecular complexity index is 852. The first-order chi connectivity index (χ1) is 14.3. The third-order valence-electron chi connectivity index (χ3n) is 5.42. The van der Waals surface area contributed by atoms with Crippen LogP contribution in [0.25, 0.3) is 0 Å². The van der Waals surface area contributed by atoms with Crippen molar-refractivity contribution in [3.8, 4) is 5.75 Å². The molecule has 2 aromatic carbocycles. The molecule has 0 bridgehead atoms. The molecular formula is C23H27F3N2O2. The first-order valence-electron chi connectivity index (χ1n) is 10.0. The highest BCUT2D eigenvalue weighted by Crippen LogP contribution is 2.38. The van der Waals surface area contributed by atoms with Crippen LogP contribution in [-0.2, 0) is 12.8 Å². The third-order valence-corrected chi connectivity index (χ3v) is 5.42. The summed E-state index contributed by atoms with van der Waals surface area (Å²) in [5, 5.41) is 9.10. The number of likely N-dealkylation sites (tertiary alicyclic amines) is 1. The molecule has 4 nitrogen and oxygen atoms in total. The van der Waals surface area contributed by atoms with Gasteiger partial charge < -0.3 is 19.6 Å². The normalized spacial score (nSPS) is 16.6. The van der Waals surface area contributed by atoms with Crippen LogP contribution in [-0.4, -0.2) is 42.3 Å². The first-order valence-corrected chi connectivity index (χ1v) is 10.0. The van der Waals surface area contributed by atoms with Crippen LogP contribution in [0.5, 0.6) is 5.75 Å². The zero-order valence-corrected chi connectivity index (χ0v) is 17.0. The smallest absolute Gasteiger partial charge is 0.418 e. The molecule has 1 unspecified atom stereocenters. The summed E-state index contributed by atoms with van der Waals surface area (Å²) < 4.78 is 46.2. The number of likely N-dealkylation sites (N-methyl/N-ethyl adjacent to an activating group) is 1. The minimum Gasteiger partial charge on any atom is -0.487 e. The molecule has 0 aliphatic carbocycles. The molecular weight excluding hydrogens is 393 g/mol. The number of alkyl halides is 3. The fraction of sp³-hybridized carbons (Fsp3) is 0.391. The lowest BCUT2D eigenvalue weighted by molar-refractivity contribution is -0.137. The van der Waals surface area contributed by atoms with E-state index in [0.717, 1.165) is 30.3 Å². The lowest BCUT2D eigenvalue weighted by atomic mass is 10.1. The van der Waals surface area contributed by atoms with Crippen LogP contribution in [0.4, 0.5) is 18.9 Å². The highest BCUT2D eigenvalue weighted by Gasteiger charge is 2.37. The topological polar surface area (TPSA) is 35.9 Å². The molecule has 1 N–H and O–H groups in total. The molecule has 162 valence electrons. The molecule has 1 fully saturated rings. The molecule has 30 heavy (non-hydrogen) atoms. The molecule has 0 saturated carbocycles. The number of rotatable bonds is 8. The van der Waals surface area contributed by atoms with Crippen molar-refractivity contribution in [3.05, 3.63) is 71.9 Å². The van der Waals surface area contributed by atoms with E-state index in [0.29, 0.717) is 25.4 Å². The van der Waals surface area contributed by atoms with Crippen molar-refractivity contribution in [2.24, 2.45) is 0 Å². The van der Waals surface area contributed by atoms with Gasteiger partial charge in [-0.2, -0.15) is 13.2 Å². The predicted molar refractivity (Wildman–Crippen MR) is 111 cm³/mol. The molecule has 1 aliphatic rings. The van der Waals surface area contributed by atoms with Gasteiger partial charge in [0.2, 0.25) is 0 Å². The Morgan fingerprint density at radius 3 is 2.53 bits per heavy atom. The van der Waals surface area contributed by atoms with Crippen LogP contribution in [0.2, 0.25) is 0 Å². The maximum atomic E-state index is 13.5. The quantitative estimate of drug-likeness (QED) is 0.672. The molecule has 7 heteroatoms. The average molecular weight is 420 g/mol. The zero-order chi connectivity index (χ0) is 21.7. The van der Waals surface area contributed by atoms with Crippen molar-refractivity contribution in [3.63, 3.8) is 0 Å². The number of halogens is 3. The van der Waals surface area contributed by atoms with E-state index in [1.165, 1.54) is 6.07 Å². The Labute approximate surface area is 175 Å². The second-order valence-corrected chi connectivity index (χ2v) is 7.35. The van der Waals surface area contributed by atoms with Crippen LogP contribution in [0.1, 0.15) is 24.5 Å². The van der Waals surface area contributed by atoms with Gasteiger partial charge in [-0.05, 0) is 43.2 Å². The molecule has 0 spiro atoms. The molecule has 1 saturated heterocycles. The van der Waals surface area contributed by atoms with Crippen molar-refractivity contribution < 1.29 is 23.0 Å². The van der Waals surface area contributed by atoms with Crippen molar-refractivity contribution in [1.29, 1.82) is 0 Å². The van der Waals surface area contributed by atoms with Gasteiger partial charge in [-0.3, -0.25) is 0 Å². The Kier molecular flexibility index (Phi) is 6.92. The lowest BCUT2D eigenvalue weighted by Gasteiger charge is -2.32. The van der Waals surface area contributed by atoms with Crippen molar-refractivity contribution in [1.82, 2.24) is 4.90 Å². The molecule has 2 aromatic rings. The number of ether oxygens (including phenoxy) is 1. The first kappa shape index (κ1) is 22.0. The van der Waals surface area contributed by atoms with Gasteiger partial charge in [-0.1, -0.05) is 30.8 Å². The summed E-state index contributed by atoms with van der Waals surface area (Å²) in [7, 11) is 0. The van der Waals surface area contributed by atoms with Crippen LogP contribution < -0.4 is 9.64 Å². The van der Waals surface area contributed by atoms with Gasteiger partial charge in [0.25, 0.3) is 0 Å². The highest BCUT2D eigenvalue weighted by atomic mass is 19.4. The molecule has 1 heterocycles. The fourth-order valence-corrected chi connectivity index (χ4v) is 3.82. The van der Waals surface area contributed by atoms with E-state index in [-0.39, 0.29) is 18.3 Å². The fourth-order valence-electron chi connectivity index (χ4n) is 3.82. The molecule has 3 rings (SSSR count). The summed E-state index contributed by atoms with van der Waals surface area (Å²) in [6, 6.07) is 12.9. The number of para-hydroxylation sites is 1. The summed E-state index contributed by atoms with van der Waals surface area (Å²) in [4.78, 5) is 3.91. The molecule has 0 amide bonds. The maximum Gasteiger partial charge on any atom is 0.418 e. The van der Waals surface area contributed by atoms with E-state index in [2.05, 4.69) is 11.5 Å². The number of nitrogens with zero attached hydrogens (tertiary/aromatic N) is 2. The van der Waals surface area contributed by atoms with Gasteiger partial charge in [0.15, 0.2) is 0 Å². The summed E-state index contributed by atoms with van der Waals surface area (Å²) in [6.07, 6.45) is -3.63. The molecule has 1 atom stereocenters. The molecule has 0 radical (unpaired) electrons. The van der Waals surface area contributed by atoms with Crippen molar-refractivity contribution in [2.45, 2.75) is 32.2 Å². The average Bonchev–Trinajstić information content (AvgIpc) is 3.22. The minimum absolute atomic E-state index is 0.0203. The van der Waals surface area contributed by atoms with Crippen LogP contribution in [0.15, 0.2) is 60.8 Å². The monoisotopic (exact) mass is 420 g/mol. The van der Waals surface area contributed by atoms with E-state index >= 15 is 0 Å². The van der Waals surface area contributed by atoms with Crippen molar-refractivity contribution >= 4 is 5.69 Å². The minimum atomic E-state index is -4.38.